The van der Waals surface area contributed by atoms with Crippen LogP contribution in [0.15, 0.2) is 48.2 Å². The lowest BCUT2D eigenvalue weighted by Crippen LogP contribution is -2.51. The molecule has 0 saturated carbocycles. The lowest BCUT2D eigenvalue weighted by atomic mass is 9.74. The molecule has 1 aromatic carbocycles. The van der Waals surface area contributed by atoms with E-state index in [9.17, 15) is 0 Å². The third kappa shape index (κ3) is 4.43. The highest BCUT2D eigenvalue weighted by Gasteiger charge is 2.36. The smallest absolute Gasteiger partial charge is 0.0775 e. The summed E-state index contributed by atoms with van der Waals surface area (Å²) in [5.41, 5.74) is 14.8. The minimum atomic E-state index is -1.20. The third-order valence-corrected chi connectivity index (χ3v) is 7.87. The average molecular weight is 356 g/mol. The highest BCUT2D eigenvalue weighted by molar-refractivity contribution is 6.88. The molecule has 4 N–H and O–H groups in total. The summed E-state index contributed by atoms with van der Waals surface area (Å²) < 4.78 is 0. The van der Waals surface area contributed by atoms with E-state index in [0.29, 0.717) is 5.92 Å². The molecular weight excluding hydrogens is 322 g/mol. The molecule has 25 heavy (non-hydrogen) atoms. The van der Waals surface area contributed by atoms with E-state index >= 15 is 0 Å². The predicted octanol–water partition coefficient (Wildman–Crippen LogP) is 2.94. The molecule has 0 amide bonds. The van der Waals surface area contributed by atoms with Crippen LogP contribution in [0.2, 0.25) is 19.6 Å². The van der Waals surface area contributed by atoms with Gasteiger partial charge in [-0.3, -0.25) is 4.90 Å². The topological polar surface area (TPSA) is 55.3 Å². The summed E-state index contributed by atoms with van der Waals surface area (Å²) in [5, 5.41) is 1.54. The van der Waals surface area contributed by atoms with Crippen LogP contribution in [0.5, 0.6) is 0 Å². The van der Waals surface area contributed by atoms with Crippen molar-refractivity contribution >= 4 is 13.3 Å². The molecule has 1 fully saturated rings. The minimum absolute atomic E-state index is 0.246. The van der Waals surface area contributed by atoms with Gasteiger partial charge in [-0.25, -0.2) is 0 Å². The van der Waals surface area contributed by atoms with Crippen molar-refractivity contribution in [1.29, 1.82) is 0 Å². The maximum absolute atomic E-state index is 6.66. The highest BCUT2D eigenvalue weighted by atomic mass is 28.3. The van der Waals surface area contributed by atoms with Gasteiger partial charge in [0.15, 0.2) is 0 Å². The Bertz CT molecular complexity index is 649. The second-order valence-corrected chi connectivity index (χ2v) is 14.0. The van der Waals surface area contributed by atoms with Crippen molar-refractivity contribution in [3.8, 4) is 0 Å². The quantitative estimate of drug-likeness (QED) is 0.817. The highest BCUT2D eigenvalue weighted by Crippen LogP contribution is 2.33. The summed E-state index contributed by atoms with van der Waals surface area (Å²) in [4.78, 5) is 2.56. The van der Waals surface area contributed by atoms with Gasteiger partial charge in [-0.15, -0.1) is 0 Å². The SMILES string of the molecule is C[Si](C)(C)c1ccc(CN2CCC(C3(N)C=CC=C(N)C3)CC2)cc1. The van der Waals surface area contributed by atoms with Crippen molar-refractivity contribution in [3.05, 3.63) is 53.8 Å². The van der Waals surface area contributed by atoms with Crippen molar-refractivity contribution < 1.29 is 0 Å². The van der Waals surface area contributed by atoms with E-state index in [-0.39, 0.29) is 5.54 Å². The predicted molar refractivity (Wildman–Crippen MR) is 110 cm³/mol. The maximum atomic E-state index is 6.66. The van der Waals surface area contributed by atoms with Crippen LogP contribution >= 0.6 is 0 Å². The Kier molecular flexibility index (Phi) is 5.23. The van der Waals surface area contributed by atoms with Gasteiger partial charge >= 0.3 is 0 Å². The van der Waals surface area contributed by atoms with Crippen LogP contribution in [0, 0.1) is 5.92 Å². The van der Waals surface area contributed by atoms with Gasteiger partial charge in [0.1, 0.15) is 0 Å². The van der Waals surface area contributed by atoms with E-state index in [4.69, 9.17) is 11.5 Å². The first-order chi connectivity index (χ1) is 11.8. The van der Waals surface area contributed by atoms with Crippen LogP contribution in [0.1, 0.15) is 24.8 Å². The monoisotopic (exact) mass is 355 g/mol. The van der Waals surface area contributed by atoms with Gasteiger partial charge in [-0.1, -0.05) is 61.2 Å². The molecular formula is C21H33N3Si. The molecule has 3 rings (SSSR count). The number of hydrogen-bond donors (Lipinski definition) is 2. The first-order valence-electron chi connectivity index (χ1n) is 9.51. The molecule has 0 spiro atoms. The third-order valence-electron chi connectivity index (χ3n) is 5.80. The summed E-state index contributed by atoms with van der Waals surface area (Å²) in [7, 11) is -1.20. The number of benzene rings is 1. The number of rotatable bonds is 4. The van der Waals surface area contributed by atoms with Crippen molar-refractivity contribution in [1.82, 2.24) is 4.90 Å². The molecule has 1 aromatic rings. The Morgan fingerprint density at radius 1 is 1.12 bits per heavy atom. The van der Waals surface area contributed by atoms with E-state index < -0.39 is 8.07 Å². The van der Waals surface area contributed by atoms with Crippen molar-refractivity contribution in [2.24, 2.45) is 17.4 Å². The molecule has 0 bridgehead atoms. The van der Waals surface area contributed by atoms with Gasteiger partial charge < -0.3 is 11.5 Å². The van der Waals surface area contributed by atoms with Gasteiger partial charge in [0.2, 0.25) is 0 Å². The van der Waals surface area contributed by atoms with Crippen molar-refractivity contribution in [2.75, 3.05) is 13.1 Å². The van der Waals surface area contributed by atoms with E-state index in [1.807, 2.05) is 12.2 Å². The molecule has 1 unspecified atom stereocenters. The summed E-state index contributed by atoms with van der Waals surface area (Å²) in [6.45, 7) is 10.5. The fourth-order valence-electron chi connectivity index (χ4n) is 4.10. The number of allylic oxidation sites excluding steroid dienone is 2. The Hall–Kier alpha value is -1.36. The van der Waals surface area contributed by atoms with E-state index in [1.54, 1.807) is 0 Å². The lowest BCUT2D eigenvalue weighted by molar-refractivity contribution is 0.141. The summed E-state index contributed by atoms with van der Waals surface area (Å²) in [5.74, 6) is 0.529. The van der Waals surface area contributed by atoms with Crippen LogP contribution < -0.4 is 16.7 Å². The Balaban J connectivity index is 1.55. The van der Waals surface area contributed by atoms with Crippen LogP contribution in [-0.2, 0) is 6.54 Å². The number of nitrogens with zero attached hydrogens (tertiary/aromatic N) is 1. The van der Waals surface area contributed by atoms with Crippen LogP contribution in [0.25, 0.3) is 0 Å². The molecule has 1 saturated heterocycles. The van der Waals surface area contributed by atoms with Crippen LogP contribution in [0.3, 0.4) is 0 Å². The molecule has 136 valence electrons. The normalized spacial score (nSPS) is 25.8. The number of nitrogens with two attached hydrogens (primary N) is 2. The largest absolute Gasteiger partial charge is 0.402 e. The molecule has 1 atom stereocenters. The van der Waals surface area contributed by atoms with Gasteiger partial charge in [-0.05, 0) is 43.5 Å². The van der Waals surface area contributed by atoms with Gasteiger partial charge in [0.25, 0.3) is 0 Å². The number of piperidine rings is 1. The molecule has 3 nitrogen and oxygen atoms in total. The zero-order valence-electron chi connectivity index (χ0n) is 16.0. The molecule has 0 radical (unpaired) electrons. The maximum Gasteiger partial charge on any atom is 0.0775 e. The Labute approximate surface area is 153 Å². The summed E-state index contributed by atoms with van der Waals surface area (Å²) >= 11 is 0. The van der Waals surface area contributed by atoms with Gasteiger partial charge in [0.05, 0.1) is 8.07 Å². The standard InChI is InChI=1S/C21H33N3Si/c1-25(2,3)20-8-6-17(7-9-20)16-24-13-10-18(11-14-24)21(23)12-4-5-19(22)15-21/h4-9,12,18H,10-11,13-16,22-23H2,1-3H3. The molecule has 2 aliphatic rings. The van der Waals surface area contributed by atoms with E-state index in [0.717, 1.165) is 44.6 Å². The van der Waals surface area contributed by atoms with E-state index in [1.165, 1.54) is 10.8 Å². The first kappa shape index (κ1) is 18.4. The van der Waals surface area contributed by atoms with E-state index in [2.05, 4.69) is 54.9 Å². The molecule has 1 aliphatic heterocycles. The molecule has 4 heteroatoms. The Morgan fingerprint density at radius 2 is 1.76 bits per heavy atom. The summed E-state index contributed by atoms with van der Waals surface area (Å²) in [6.07, 6.45) is 9.28. The van der Waals surface area contributed by atoms with Crippen molar-refractivity contribution in [2.45, 2.75) is 51.0 Å². The Morgan fingerprint density at radius 3 is 2.32 bits per heavy atom. The molecule has 1 aliphatic carbocycles. The molecule has 0 aromatic heterocycles. The summed E-state index contributed by atoms with van der Waals surface area (Å²) in [6, 6.07) is 9.31. The minimum Gasteiger partial charge on any atom is -0.402 e. The van der Waals surface area contributed by atoms with Gasteiger partial charge in [-0.2, -0.15) is 0 Å². The second kappa shape index (κ2) is 7.10. The van der Waals surface area contributed by atoms with Gasteiger partial charge in [0, 0.05) is 24.2 Å². The lowest BCUT2D eigenvalue weighted by Gasteiger charge is -2.42. The zero-order valence-corrected chi connectivity index (χ0v) is 17.0. The van der Waals surface area contributed by atoms with Crippen LogP contribution in [0.4, 0.5) is 0 Å². The van der Waals surface area contributed by atoms with Crippen molar-refractivity contribution in [3.63, 3.8) is 0 Å². The second-order valence-electron chi connectivity index (χ2n) is 8.89. The fraction of sp³-hybridized carbons (Fsp3) is 0.524. The number of likely N-dealkylation sites (tertiary alicyclic amines) is 1. The van der Waals surface area contributed by atoms with Crippen LogP contribution in [-0.4, -0.2) is 31.6 Å². The molecule has 1 heterocycles. The number of hydrogen-bond acceptors (Lipinski definition) is 3. The fourth-order valence-corrected chi connectivity index (χ4v) is 5.27. The first-order valence-corrected chi connectivity index (χ1v) is 13.0. The zero-order chi connectivity index (χ0) is 18.1. The average Bonchev–Trinajstić information content (AvgIpc) is 2.55.